The van der Waals surface area contributed by atoms with Gasteiger partial charge in [-0.3, -0.25) is 9.80 Å². The maximum Gasteiger partial charge on any atom is 0.401 e. The first-order chi connectivity index (χ1) is 17.1. The van der Waals surface area contributed by atoms with Crippen LogP contribution in [0.15, 0.2) is 59.5 Å². The first kappa shape index (κ1) is 25.5. The fraction of sp³-hybridized carbons (Fsp3) is 0.556. The number of rotatable bonds is 6. The maximum absolute atomic E-state index is 13.1. The van der Waals surface area contributed by atoms with Crippen molar-refractivity contribution in [2.24, 2.45) is 5.92 Å². The van der Waals surface area contributed by atoms with E-state index in [0.29, 0.717) is 10.8 Å². The van der Waals surface area contributed by atoms with Gasteiger partial charge in [-0.2, -0.15) is 13.2 Å². The summed E-state index contributed by atoms with van der Waals surface area (Å²) in [5.74, 6) is 0.387. The Labute approximate surface area is 211 Å². The summed E-state index contributed by atoms with van der Waals surface area (Å²) < 4.78 is 63.5. The summed E-state index contributed by atoms with van der Waals surface area (Å²) in [6, 6.07) is 17.7. The van der Waals surface area contributed by atoms with E-state index in [0.717, 1.165) is 57.5 Å². The second kappa shape index (κ2) is 9.99. The molecule has 0 spiro atoms. The number of halogens is 3. The van der Waals surface area contributed by atoms with E-state index in [1.165, 1.54) is 11.8 Å². The van der Waals surface area contributed by atoms with Gasteiger partial charge in [0.05, 0.1) is 17.5 Å². The number of benzene rings is 2. The van der Waals surface area contributed by atoms with Crippen molar-refractivity contribution in [1.82, 2.24) is 9.80 Å². The third-order valence-electron chi connectivity index (χ3n) is 8.12. The van der Waals surface area contributed by atoms with Crippen LogP contribution >= 0.6 is 0 Å². The minimum Gasteiger partial charge on any atom is -0.368 e. The lowest BCUT2D eigenvalue weighted by atomic mass is 9.89. The highest BCUT2D eigenvalue weighted by Gasteiger charge is 2.46. The number of alkyl halides is 3. The van der Waals surface area contributed by atoms with Crippen molar-refractivity contribution in [3.05, 3.63) is 60.2 Å². The number of sulfone groups is 1. The van der Waals surface area contributed by atoms with Gasteiger partial charge in [0.2, 0.25) is 0 Å². The summed E-state index contributed by atoms with van der Waals surface area (Å²) in [6.07, 6.45) is 0.462. The van der Waals surface area contributed by atoms with Crippen LogP contribution in [0.3, 0.4) is 0 Å². The van der Waals surface area contributed by atoms with Crippen LogP contribution < -0.4 is 4.90 Å². The molecule has 3 aliphatic heterocycles. The maximum atomic E-state index is 13.1. The molecule has 0 amide bonds. The predicted molar refractivity (Wildman–Crippen MR) is 135 cm³/mol. The fourth-order valence-corrected chi connectivity index (χ4v) is 7.17. The van der Waals surface area contributed by atoms with Crippen molar-refractivity contribution >= 4 is 15.5 Å². The Morgan fingerprint density at radius 1 is 0.944 bits per heavy atom. The molecule has 9 heteroatoms. The molecule has 0 saturated carbocycles. The molecule has 3 atom stereocenters. The van der Waals surface area contributed by atoms with Crippen molar-refractivity contribution in [3.63, 3.8) is 0 Å². The quantitative estimate of drug-likeness (QED) is 0.549. The smallest absolute Gasteiger partial charge is 0.368 e. The molecule has 3 aliphatic rings. The average Bonchev–Trinajstić information content (AvgIpc) is 3.05. The topological polar surface area (TPSA) is 43.9 Å². The Hall–Kier alpha value is -2.10. The molecule has 3 fully saturated rings. The van der Waals surface area contributed by atoms with Crippen molar-refractivity contribution in [2.45, 2.75) is 54.9 Å². The van der Waals surface area contributed by atoms with Crippen LogP contribution in [0.1, 0.15) is 37.3 Å². The number of hydrogen-bond acceptors (Lipinski definition) is 5. The fourth-order valence-electron chi connectivity index (χ4n) is 6.51. The Morgan fingerprint density at radius 3 is 2.28 bits per heavy atom. The van der Waals surface area contributed by atoms with Gasteiger partial charge < -0.3 is 4.90 Å². The summed E-state index contributed by atoms with van der Waals surface area (Å²) in [4.78, 5) is 6.77. The van der Waals surface area contributed by atoms with Crippen molar-refractivity contribution in [1.29, 1.82) is 0 Å². The van der Waals surface area contributed by atoms with E-state index in [4.69, 9.17) is 0 Å². The normalized spacial score (nSPS) is 27.9. The Balaban J connectivity index is 1.32. The van der Waals surface area contributed by atoms with E-state index in [1.807, 2.05) is 24.3 Å². The molecule has 0 aromatic heterocycles. The lowest BCUT2D eigenvalue weighted by molar-refractivity contribution is -0.157. The molecule has 0 N–H and O–H groups in total. The van der Waals surface area contributed by atoms with Crippen molar-refractivity contribution in [2.75, 3.05) is 43.9 Å². The van der Waals surface area contributed by atoms with Crippen LogP contribution in [0.5, 0.6) is 0 Å². The zero-order chi connectivity index (χ0) is 25.5. The number of piperazine rings is 1. The zero-order valence-corrected chi connectivity index (χ0v) is 21.4. The monoisotopic (exact) mass is 521 g/mol. The molecule has 3 heterocycles. The van der Waals surface area contributed by atoms with Crippen LogP contribution in [0.2, 0.25) is 0 Å². The van der Waals surface area contributed by atoms with Crippen LogP contribution in [0.25, 0.3) is 0 Å². The third kappa shape index (κ3) is 5.73. The van der Waals surface area contributed by atoms with Gasteiger partial charge in [-0.15, -0.1) is 0 Å². The number of anilines is 1. The minimum atomic E-state index is -4.14. The largest absolute Gasteiger partial charge is 0.401 e. The highest BCUT2D eigenvalue weighted by atomic mass is 32.2. The SMILES string of the molecule is CS(=O)(=O)c1cccc(N2CCN(CC3CC4CCC(C3)N4CC(F)(F)F)[C@@H](c3ccccc3)C2)c1. The van der Waals surface area contributed by atoms with E-state index in [1.54, 1.807) is 23.1 Å². The van der Waals surface area contributed by atoms with Crippen LogP contribution in [-0.4, -0.2) is 75.5 Å². The highest BCUT2D eigenvalue weighted by molar-refractivity contribution is 7.90. The van der Waals surface area contributed by atoms with Gasteiger partial charge in [-0.05, 0) is 55.4 Å². The number of hydrogen-bond donors (Lipinski definition) is 0. The molecule has 5 rings (SSSR count). The molecular formula is C27H34F3N3O2S. The Morgan fingerprint density at radius 2 is 1.64 bits per heavy atom. The molecule has 3 saturated heterocycles. The first-order valence-electron chi connectivity index (χ1n) is 12.7. The van der Waals surface area contributed by atoms with Crippen LogP contribution in [0, 0.1) is 5.92 Å². The molecule has 2 aromatic rings. The van der Waals surface area contributed by atoms with Crippen LogP contribution in [-0.2, 0) is 9.84 Å². The van der Waals surface area contributed by atoms with Gasteiger partial charge in [0.15, 0.2) is 9.84 Å². The number of nitrogens with zero attached hydrogens (tertiary/aromatic N) is 3. The molecule has 2 bridgehead atoms. The minimum absolute atomic E-state index is 0.0329. The zero-order valence-electron chi connectivity index (χ0n) is 20.6. The van der Waals surface area contributed by atoms with E-state index in [9.17, 15) is 21.6 Å². The van der Waals surface area contributed by atoms with E-state index >= 15 is 0 Å². The summed E-state index contributed by atoms with van der Waals surface area (Å²) in [5.41, 5.74) is 2.11. The lowest BCUT2D eigenvalue weighted by Crippen LogP contribution is -2.52. The molecule has 0 radical (unpaired) electrons. The third-order valence-corrected chi connectivity index (χ3v) is 9.23. The molecule has 0 aliphatic carbocycles. The first-order valence-corrected chi connectivity index (χ1v) is 14.6. The molecular weight excluding hydrogens is 487 g/mol. The Bertz CT molecular complexity index is 1140. The van der Waals surface area contributed by atoms with Gasteiger partial charge in [0, 0.05) is 50.2 Å². The molecule has 2 aromatic carbocycles. The predicted octanol–water partition coefficient (Wildman–Crippen LogP) is 4.76. The average molecular weight is 522 g/mol. The highest BCUT2D eigenvalue weighted by Crippen LogP contribution is 2.41. The van der Waals surface area contributed by atoms with Gasteiger partial charge in [0.1, 0.15) is 0 Å². The number of piperidine rings is 1. The van der Waals surface area contributed by atoms with E-state index in [-0.39, 0.29) is 18.1 Å². The van der Waals surface area contributed by atoms with Gasteiger partial charge in [-0.25, -0.2) is 8.42 Å². The molecule has 2 unspecified atom stereocenters. The summed E-state index contributed by atoms with van der Waals surface area (Å²) in [7, 11) is -3.29. The van der Waals surface area contributed by atoms with Gasteiger partial charge in [0.25, 0.3) is 0 Å². The van der Waals surface area contributed by atoms with Gasteiger partial charge in [-0.1, -0.05) is 36.4 Å². The summed E-state index contributed by atoms with van der Waals surface area (Å²) >= 11 is 0. The summed E-state index contributed by atoms with van der Waals surface area (Å²) in [6.45, 7) is 2.42. The van der Waals surface area contributed by atoms with E-state index < -0.39 is 22.6 Å². The lowest BCUT2D eigenvalue weighted by Gasteiger charge is -2.46. The standard InChI is InChI=1S/C27H34F3N3O2S/c1-36(34,35)25-9-5-8-22(16-25)31-12-13-32(26(18-31)21-6-3-2-4-7-21)17-20-14-23-10-11-24(15-20)33(23)19-27(28,29)30/h2-9,16,20,23-24,26H,10-15,17-19H2,1H3/t20?,23?,24?,26-/m1/s1. The number of fused-ring (bicyclic) bond motifs is 2. The van der Waals surface area contributed by atoms with Crippen molar-refractivity contribution in [3.8, 4) is 0 Å². The van der Waals surface area contributed by atoms with E-state index in [2.05, 4.69) is 21.9 Å². The molecule has 5 nitrogen and oxygen atoms in total. The molecule has 36 heavy (non-hydrogen) atoms. The summed E-state index contributed by atoms with van der Waals surface area (Å²) in [5, 5.41) is 0. The van der Waals surface area contributed by atoms with Crippen LogP contribution in [0.4, 0.5) is 18.9 Å². The second-order valence-electron chi connectivity index (χ2n) is 10.6. The molecule has 196 valence electrons. The Kier molecular flexibility index (Phi) is 7.09. The van der Waals surface area contributed by atoms with Crippen molar-refractivity contribution < 1.29 is 21.6 Å². The van der Waals surface area contributed by atoms with Gasteiger partial charge >= 0.3 is 6.18 Å². The second-order valence-corrected chi connectivity index (χ2v) is 12.7.